The maximum Gasteiger partial charge on any atom is 0.252 e. The summed E-state index contributed by atoms with van der Waals surface area (Å²) in [4.78, 5) is 17.2. The molecule has 1 atom stereocenters. The maximum absolute atomic E-state index is 12.7. The summed E-state index contributed by atoms with van der Waals surface area (Å²) < 4.78 is 27.2. The van der Waals surface area contributed by atoms with Crippen LogP contribution in [-0.2, 0) is 21.2 Å². The number of amides is 1. The van der Waals surface area contributed by atoms with Crippen molar-refractivity contribution >= 4 is 27.3 Å². The summed E-state index contributed by atoms with van der Waals surface area (Å²) in [6.07, 6.45) is 4.75. The Morgan fingerprint density at radius 3 is 2.69 bits per heavy atom. The Morgan fingerprint density at radius 2 is 2.00 bits per heavy atom. The number of aromatic nitrogens is 1. The molecule has 0 radical (unpaired) electrons. The Bertz CT molecular complexity index is 844. The minimum absolute atomic E-state index is 0.146. The minimum atomic E-state index is -3.43. The van der Waals surface area contributed by atoms with E-state index in [0.717, 1.165) is 29.8 Å². The van der Waals surface area contributed by atoms with E-state index >= 15 is 0 Å². The lowest BCUT2D eigenvalue weighted by atomic mass is 10.2. The third kappa shape index (κ3) is 4.49. The first-order chi connectivity index (χ1) is 12.5. The number of carbonyl (C=O) groups is 1. The number of hydrogen-bond donors (Lipinski definition) is 1. The number of carbonyl (C=O) groups excluding carboxylic acids is 1. The van der Waals surface area contributed by atoms with Gasteiger partial charge in [-0.25, -0.2) is 8.42 Å². The molecule has 1 saturated heterocycles. The van der Waals surface area contributed by atoms with Crippen molar-refractivity contribution in [2.24, 2.45) is 0 Å². The Kier molecular flexibility index (Phi) is 6.05. The third-order valence-electron chi connectivity index (χ3n) is 4.39. The standard InChI is InChI=1S/C18H23N3O3S2/c1-14(16-7-3-4-10-19-16)20-17(22)13-15-8-9-18(25-15)26(23,24)21-11-5-2-6-12-21/h3-4,7-10,14H,2,5-6,11-13H2,1H3,(H,20,22). The summed E-state index contributed by atoms with van der Waals surface area (Å²) in [5.41, 5.74) is 0.792. The largest absolute Gasteiger partial charge is 0.348 e. The first kappa shape index (κ1) is 19.0. The van der Waals surface area contributed by atoms with Gasteiger partial charge < -0.3 is 5.32 Å². The van der Waals surface area contributed by atoms with Gasteiger partial charge in [-0.15, -0.1) is 11.3 Å². The molecule has 2 aromatic heterocycles. The van der Waals surface area contributed by atoms with Crippen LogP contribution in [0.5, 0.6) is 0 Å². The summed E-state index contributed by atoms with van der Waals surface area (Å²) in [5, 5.41) is 2.90. The second-order valence-corrected chi connectivity index (χ2v) is 9.74. The van der Waals surface area contributed by atoms with Crippen LogP contribution in [0.1, 0.15) is 42.8 Å². The molecule has 0 saturated carbocycles. The molecule has 140 valence electrons. The van der Waals surface area contributed by atoms with E-state index in [0.29, 0.717) is 17.3 Å². The third-order valence-corrected chi connectivity index (χ3v) is 7.84. The van der Waals surface area contributed by atoms with Crippen LogP contribution in [-0.4, -0.2) is 36.7 Å². The number of pyridine rings is 1. The molecule has 1 amide bonds. The van der Waals surface area contributed by atoms with Gasteiger partial charge in [-0.05, 0) is 44.0 Å². The molecule has 1 N–H and O–H groups in total. The lowest BCUT2D eigenvalue weighted by molar-refractivity contribution is -0.121. The maximum atomic E-state index is 12.7. The van der Waals surface area contributed by atoms with Gasteiger partial charge in [0.1, 0.15) is 4.21 Å². The lowest BCUT2D eigenvalue weighted by Crippen LogP contribution is -2.35. The SMILES string of the molecule is CC(NC(=O)Cc1ccc(S(=O)(=O)N2CCCCC2)s1)c1ccccn1. The highest BCUT2D eigenvalue weighted by Crippen LogP contribution is 2.27. The fourth-order valence-electron chi connectivity index (χ4n) is 2.98. The average Bonchev–Trinajstić information content (AvgIpc) is 3.12. The molecule has 2 aromatic rings. The molecule has 1 unspecified atom stereocenters. The zero-order chi connectivity index (χ0) is 18.6. The zero-order valence-electron chi connectivity index (χ0n) is 14.7. The molecule has 6 nitrogen and oxygen atoms in total. The van der Waals surface area contributed by atoms with Gasteiger partial charge in [-0.3, -0.25) is 9.78 Å². The molecule has 3 heterocycles. The van der Waals surface area contributed by atoms with E-state index in [-0.39, 0.29) is 18.4 Å². The number of nitrogens with zero attached hydrogens (tertiary/aromatic N) is 2. The molecule has 0 spiro atoms. The van der Waals surface area contributed by atoms with Gasteiger partial charge in [-0.2, -0.15) is 4.31 Å². The van der Waals surface area contributed by atoms with Gasteiger partial charge in [0.05, 0.1) is 18.2 Å². The van der Waals surface area contributed by atoms with Crippen LogP contribution >= 0.6 is 11.3 Å². The highest BCUT2D eigenvalue weighted by Gasteiger charge is 2.27. The molecule has 0 bridgehead atoms. The summed E-state index contributed by atoms with van der Waals surface area (Å²) in [5.74, 6) is -0.146. The normalized spacial score (nSPS) is 17.0. The van der Waals surface area contributed by atoms with E-state index < -0.39 is 10.0 Å². The summed E-state index contributed by atoms with van der Waals surface area (Å²) in [7, 11) is -3.43. The van der Waals surface area contributed by atoms with Crippen molar-refractivity contribution < 1.29 is 13.2 Å². The van der Waals surface area contributed by atoms with E-state index in [4.69, 9.17) is 0 Å². The van der Waals surface area contributed by atoms with Gasteiger partial charge in [-0.1, -0.05) is 12.5 Å². The molecule has 1 aliphatic rings. The fraction of sp³-hybridized carbons (Fsp3) is 0.444. The van der Waals surface area contributed by atoms with Crippen molar-refractivity contribution in [3.05, 3.63) is 47.1 Å². The van der Waals surface area contributed by atoms with Gasteiger partial charge in [0.2, 0.25) is 5.91 Å². The lowest BCUT2D eigenvalue weighted by Gasteiger charge is -2.25. The molecule has 1 aliphatic heterocycles. The van der Waals surface area contributed by atoms with Gasteiger partial charge in [0.25, 0.3) is 10.0 Å². The zero-order valence-corrected chi connectivity index (χ0v) is 16.4. The topological polar surface area (TPSA) is 79.4 Å². The van der Waals surface area contributed by atoms with E-state index in [2.05, 4.69) is 10.3 Å². The van der Waals surface area contributed by atoms with Gasteiger partial charge >= 0.3 is 0 Å². The number of thiophene rings is 1. The highest BCUT2D eigenvalue weighted by atomic mass is 32.2. The van der Waals surface area contributed by atoms with E-state index in [1.807, 2.05) is 25.1 Å². The van der Waals surface area contributed by atoms with E-state index in [9.17, 15) is 13.2 Å². The number of rotatable bonds is 6. The van der Waals surface area contributed by atoms with Crippen LogP contribution < -0.4 is 5.32 Å². The summed E-state index contributed by atoms with van der Waals surface area (Å²) in [6, 6.07) is 8.71. The van der Waals surface area contributed by atoms with Crippen LogP contribution in [0.2, 0.25) is 0 Å². The van der Waals surface area contributed by atoms with E-state index in [1.165, 1.54) is 11.3 Å². The number of piperidine rings is 1. The molecular formula is C18H23N3O3S2. The van der Waals surface area contributed by atoms with Crippen LogP contribution in [0.3, 0.4) is 0 Å². The van der Waals surface area contributed by atoms with Crippen molar-refractivity contribution in [1.29, 1.82) is 0 Å². The van der Waals surface area contributed by atoms with Crippen molar-refractivity contribution in [3.63, 3.8) is 0 Å². The quantitative estimate of drug-likeness (QED) is 0.818. The van der Waals surface area contributed by atoms with Gasteiger partial charge in [0.15, 0.2) is 0 Å². The molecule has 3 rings (SSSR count). The Hall–Kier alpha value is -1.77. The van der Waals surface area contributed by atoms with E-state index in [1.54, 1.807) is 22.6 Å². The number of nitrogens with one attached hydrogen (secondary N) is 1. The molecular weight excluding hydrogens is 370 g/mol. The monoisotopic (exact) mass is 393 g/mol. The van der Waals surface area contributed by atoms with Crippen molar-refractivity contribution in [2.75, 3.05) is 13.1 Å². The second-order valence-electron chi connectivity index (χ2n) is 6.41. The first-order valence-corrected chi connectivity index (χ1v) is 11.0. The average molecular weight is 394 g/mol. The van der Waals surface area contributed by atoms with Gasteiger partial charge in [0, 0.05) is 24.2 Å². The molecule has 26 heavy (non-hydrogen) atoms. The molecule has 0 aromatic carbocycles. The van der Waals surface area contributed by atoms with Crippen molar-refractivity contribution in [3.8, 4) is 0 Å². The van der Waals surface area contributed by atoms with Crippen LogP contribution in [0.15, 0.2) is 40.7 Å². The first-order valence-electron chi connectivity index (χ1n) is 8.76. The number of sulfonamides is 1. The van der Waals surface area contributed by atoms with Crippen molar-refractivity contribution in [1.82, 2.24) is 14.6 Å². The Balaban J connectivity index is 1.62. The van der Waals surface area contributed by atoms with Crippen molar-refractivity contribution in [2.45, 2.75) is 42.9 Å². The second kappa shape index (κ2) is 8.28. The summed E-state index contributed by atoms with van der Waals surface area (Å²) >= 11 is 1.18. The fourth-order valence-corrected chi connectivity index (χ4v) is 6.01. The predicted molar refractivity (Wildman–Crippen MR) is 101 cm³/mol. The predicted octanol–water partition coefficient (Wildman–Crippen LogP) is 2.74. The van der Waals surface area contributed by atoms with Crippen LogP contribution in [0.25, 0.3) is 0 Å². The summed E-state index contributed by atoms with van der Waals surface area (Å²) in [6.45, 7) is 3.04. The van der Waals surface area contributed by atoms with Crippen LogP contribution in [0.4, 0.5) is 0 Å². The number of hydrogen-bond acceptors (Lipinski definition) is 5. The Labute approximate surface area is 158 Å². The molecule has 1 fully saturated rings. The minimum Gasteiger partial charge on any atom is -0.348 e. The highest BCUT2D eigenvalue weighted by molar-refractivity contribution is 7.91. The van der Waals surface area contributed by atoms with Crippen LogP contribution in [0, 0.1) is 0 Å². The molecule has 0 aliphatic carbocycles. The Morgan fingerprint density at radius 1 is 1.23 bits per heavy atom. The smallest absolute Gasteiger partial charge is 0.252 e. The molecule has 8 heteroatoms.